The Morgan fingerprint density at radius 3 is 2.53 bits per heavy atom. The lowest BCUT2D eigenvalue weighted by Crippen LogP contribution is -2.19. The summed E-state index contributed by atoms with van der Waals surface area (Å²) in [5, 5.41) is 0. The Hall–Kier alpha value is -1.31. The van der Waals surface area contributed by atoms with Crippen LogP contribution in [0.3, 0.4) is 0 Å². The van der Waals surface area contributed by atoms with Crippen molar-refractivity contribution < 1.29 is 9.53 Å². The number of ether oxygens (including phenoxy) is 1. The molecule has 1 aromatic carbocycles. The van der Waals surface area contributed by atoms with Crippen molar-refractivity contribution in [1.29, 1.82) is 0 Å². The van der Waals surface area contributed by atoms with Crippen LogP contribution in [0.4, 0.5) is 0 Å². The molecule has 1 spiro atoms. The first-order valence-corrected chi connectivity index (χ1v) is 6.37. The van der Waals surface area contributed by atoms with Crippen LogP contribution in [0, 0.1) is 11.3 Å². The lowest BCUT2D eigenvalue weighted by molar-refractivity contribution is -0.145. The number of esters is 1. The minimum Gasteiger partial charge on any atom is -0.469 e. The Morgan fingerprint density at radius 1 is 1.24 bits per heavy atom. The van der Waals surface area contributed by atoms with Crippen molar-refractivity contribution in [1.82, 2.24) is 0 Å². The van der Waals surface area contributed by atoms with Gasteiger partial charge in [0.2, 0.25) is 0 Å². The van der Waals surface area contributed by atoms with E-state index in [1.807, 2.05) is 6.07 Å². The van der Waals surface area contributed by atoms with Crippen LogP contribution >= 0.6 is 0 Å². The lowest BCUT2D eigenvalue weighted by Gasteiger charge is -2.17. The quantitative estimate of drug-likeness (QED) is 0.730. The summed E-state index contributed by atoms with van der Waals surface area (Å²) in [4.78, 5) is 11.9. The zero-order chi connectivity index (χ0) is 11.9. The molecular formula is C15H18O2. The molecule has 17 heavy (non-hydrogen) atoms. The van der Waals surface area contributed by atoms with Crippen molar-refractivity contribution in [3.8, 4) is 0 Å². The van der Waals surface area contributed by atoms with Gasteiger partial charge in [0, 0.05) is 0 Å². The highest BCUT2D eigenvalue weighted by Gasteiger charge is 2.55. The average Bonchev–Trinajstić information content (AvgIpc) is 3.01. The average molecular weight is 230 g/mol. The molecule has 2 fully saturated rings. The molecule has 2 heteroatoms. The number of carbonyl (C=O) groups excluding carboxylic acids is 1. The predicted octanol–water partition coefficient (Wildman–Crippen LogP) is 3.13. The normalized spacial score (nSPS) is 29.2. The second-order valence-electron chi connectivity index (χ2n) is 5.56. The molecule has 1 aromatic rings. The number of methoxy groups -OCH3 is 1. The van der Waals surface area contributed by atoms with Gasteiger partial charge in [0.25, 0.3) is 0 Å². The summed E-state index contributed by atoms with van der Waals surface area (Å²) in [7, 11) is 1.50. The van der Waals surface area contributed by atoms with Crippen LogP contribution in [0.1, 0.15) is 37.2 Å². The van der Waals surface area contributed by atoms with E-state index >= 15 is 0 Å². The van der Waals surface area contributed by atoms with Gasteiger partial charge >= 0.3 is 5.97 Å². The van der Waals surface area contributed by atoms with E-state index < -0.39 is 0 Å². The van der Waals surface area contributed by atoms with Crippen molar-refractivity contribution in [3.05, 3.63) is 35.9 Å². The maximum absolute atomic E-state index is 11.9. The van der Waals surface area contributed by atoms with E-state index in [-0.39, 0.29) is 11.9 Å². The summed E-state index contributed by atoms with van der Waals surface area (Å²) in [6.45, 7) is 0. The molecule has 0 N–H and O–H groups in total. The molecule has 90 valence electrons. The Balaban J connectivity index is 1.88. The van der Waals surface area contributed by atoms with Crippen molar-refractivity contribution >= 4 is 5.97 Å². The lowest BCUT2D eigenvalue weighted by atomic mass is 9.89. The zero-order valence-electron chi connectivity index (χ0n) is 10.2. The third-order valence-corrected chi connectivity index (χ3v) is 4.48. The van der Waals surface area contributed by atoms with E-state index in [0.29, 0.717) is 11.3 Å². The van der Waals surface area contributed by atoms with Crippen LogP contribution in [0.15, 0.2) is 30.3 Å². The van der Waals surface area contributed by atoms with Gasteiger partial charge in [-0.1, -0.05) is 30.3 Å². The summed E-state index contributed by atoms with van der Waals surface area (Å²) < 4.78 is 4.97. The van der Waals surface area contributed by atoms with Gasteiger partial charge in [0.15, 0.2) is 0 Å². The molecule has 0 aliphatic heterocycles. The first kappa shape index (κ1) is 10.8. The minimum atomic E-state index is -0.0253. The fourth-order valence-corrected chi connectivity index (χ4v) is 3.34. The van der Waals surface area contributed by atoms with Crippen LogP contribution < -0.4 is 0 Å². The third kappa shape index (κ3) is 1.86. The maximum Gasteiger partial charge on any atom is 0.309 e. The monoisotopic (exact) mass is 230 g/mol. The zero-order valence-corrected chi connectivity index (χ0v) is 10.2. The molecule has 0 amide bonds. The molecule has 2 aliphatic rings. The van der Waals surface area contributed by atoms with E-state index in [1.54, 1.807) is 0 Å². The highest BCUT2D eigenvalue weighted by atomic mass is 16.5. The molecule has 0 radical (unpaired) electrons. The molecule has 0 bridgehead atoms. The first-order valence-electron chi connectivity index (χ1n) is 6.37. The predicted molar refractivity (Wildman–Crippen MR) is 65.6 cm³/mol. The van der Waals surface area contributed by atoms with Crippen LogP contribution in [-0.4, -0.2) is 13.1 Å². The highest BCUT2D eigenvalue weighted by molar-refractivity contribution is 5.74. The number of benzene rings is 1. The number of hydrogen-bond acceptors (Lipinski definition) is 2. The molecule has 2 atom stereocenters. The molecule has 3 rings (SSSR count). The standard InChI is InChI=1S/C15H18O2/c1-17-14(16)13-10-15(7-8-15)9-12(13)11-5-3-2-4-6-11/h2-6,12-13H,7-10H2,1H3/t12-,13+/m0/s1. The van der Waals surface area contributed by atoms with Crippen LogP contribution in [0.5, 0.6) is 0 Å². The number of carbonyl (C=O) groups is 1. The van der Waals surface area contributed by atoms with Crippen molar-refractivity contribution in [2.24, 2.45) is 11.3 Å². The molecule has 2 saturated carbocycles. The van der Waals surface area contributed by atoms with Gasteiger partial charge in [-0.2, -0.15) is 0 Å². The summed E-state index contributed by atoms with van der Waals surface area (Å²) in [6.07, 6.45) is 4.78. The Kier molecular flexibility index (Phi) is 2.46. The summed E-state index contributed by atoms with van der Waals surface area (Å²) in [5.74, 6) is 0.415. The maximum atomic E-state index is 11.9. The summed E-state index contributed by atoms with van der Waals surface area (Å²) >= 11 is 0. The molecule has 0 heterocycles. The topological polar surface area (TPSA) is 26.3 Å². The van der Waals surface area contributed by atoms with E-state index in [1.165, 1.54) is 25.5 Å². The van der Waals surface area contributed by atoms with Gasteiger partial charge in [-0.05, 0) is 42.6 Å². The summed E-state index contributed by atoms with van der Waals surface area (Å²) in [6, 6.07) is 10.4. The van der Waals surface area contributed by atoms with Gasteiger partial charge in [-0.25, -0.2) is 0 Å². The van der Waals surface area contributed by atoms with E-state index in [9.17, 15) is 4.79 Å². The molecule has 2 aliphatic carbocycles. The molecule has 2 nitrogen and oxygen atoms in total. The molecule has 0 unspecified atom stereocenters. The Bertz CT molecular complexity index is 420. The number of hydrogen-bond donors (Lipinski definition) is 0. The van der Waals surface area contributed by atoms with E-state index in [0.717, 1.165) is 12.8 Å². The number of rotatable bonds is 2. The highest BCUT2D eigenvalue weighted by Crippen LogP contribution is 2.64. The van der Waals surface area contributed by atoms with Crippen LogP contribution in [-0.2, 0) is 9.53 Å². The van der Waals surface area contributed by atoms with Gasteiger partial charge in [-0.15, -0.1) is 0 Å². The van der Waals surface area contributed by atoms with E-state index in [2.05, 4.69) is 24.3 Å². The van der Waals surface area contributed by atoms with Crippen LogP contribution in [0.25, 0.3) is 0 Å². The van der Waals surface area contributed by atoms with Gasteiger partial charge in [-0.3, -0.25) is 4.79 Å². The Labute approximate surface area is 102 Å². The second-order valence-corrected chi connectivity index (χ2v) is 5.56. The fraction of sp³-hybridized carbons (Fsp3) is 0.533. The summed E-state index contributed by atoms with van der Waals surface area (Å²) in [5.41, 5.74) is 1.77. The molecule has 0 saturated heterocycles. The van der Waals surface area contributed by atoms with Crippen molar-refractivity contribution in [2.45, 2.75) is 31.6 Å². The largest absolute Gasteiger partial charge is 0.469 e. The molecular weight excluding hydrogens is 212 g/mol. The smallest absolute Gasteiger partial charge is 0.309 e. The SMILES string of the molecule is COC(=O)[C@@H]1CC2(CC2)C[C@H]1c1ccccc1. The van der Waals surface area contributed by atoms with Crippen molar-refractivity contribution in [2.75, 3.05) is 7.11 Å². The Morgan fingerprint density at radius 2 is 1.94 bits per heavy atom. The second kappa shape index (κ2) is 3.86. The third-order valence-electron chi connectivity index (χ3n) is 4.48. The molecule has 0 aromatic heterocycles. The minimum absolute atomic E-state index is 0.0253. The van der Waals surface area contributed by atoms with E-state index in [4.69, 9.17) is 4.74 Å². The van der Waals surface area contributed by atoms with Crippen molar-refractivity contribution in [3.63, 3.8) is 0 Å². The fourth-order valence-electron chi connectivity index (χ4n) is 3.34. The first-order chi connectivity index (χ1) is 8.24. The van der Waals surface area contributed by atoms with Gasteiger partial charge in [0.1, 0.15) is 0 Å². The van der Waals surface area contributed by atoms with Crippen LogP contribution in [0.2, 0.25) is 0 Å². The van der Waals surface area contributed by atoms with Gasteiger partial charge in [0.05, 0.1) is 13.0 Å². The van der Waals surface area contributed by atoms with Gasteiger partial charge < -0.3 is 4.74 Å².